The Kier molecular flexibility index (Phi) is 7.62. The van der Waals surface area contributed by atoms with E-state index in [1.165, 1.54) is 19.3 Å². The van der Waals surface area contributed by atoms with Gasteiger partial charge in [-0.05, 0) is 47.8 Å². The van der Waals surface area contributed by atoms with Crippen molar-refractivity contribution in [3.63, 3.8) is 0 Å². The third-order valence-electron chi connectivity index (χ3n) is 6.87. The number of carbonyl (C=O) groups is 2. The summed E-state index contributed by atoms with van der Waals surface area (Å²) < 4.78 is 0. The first-order valence-corrected chi connectivity index (χ1v) is 12.8. The van der Waals surface area contributed by atoms with Crippen LogP contribution in [0.4, 0.5) is 4.79 Å². The fourth-order valence-electron chi connectivity index (χ4n) is 5.39. The fraction of sp³-hybridized carbons (Fsp3) is 0.400. The number of hydrogen-bond acceptors (Lipinski definition) is 3. The van der Waals surface area contributed by atoms with Crippen LogP contribution in [-0.2, 0) is 6.54 Å². The summed E-state index contributed by atoms with van der Waals surface area (Å²) in [6, 6.07) is 16.9. The minimum atomic E-state index is -0.555. The second-order valence-corrected chi connectivity index (χ2v) is 11.1. The van der Waals surface area contributed by atoms with E-state index in [1.807, 2.05) is 54.6 Å². The smallest absolute Gasteiger partial charge is 0.312 e. The zero-order chi connectivity index (χ0) is 25.8. The third kappa shape index (κ3) is 6.42. The molecule has 1 fully saturated rings. The van der Waals surface area contributed by atoms with E-state index >= 15 is 0 Å². The Morgan fingerprint density at radius 3 is 2.36 bits per heavy atom. The number of nitrogens with zero attached hydrogens (tertiary/aromatic N) is 1. The maximum absolute atomic E-state index is 13.6. The molecule has 0 atom stereocenters. The SMILES string of the molecule is CC(C)(C)[CH]C1(CNC(=O)c2cc(-c3ccc(CNC(N)=O)cc3)nc3ccccc23)CCCCC1. The van der Waals surface area contributed by atoms with Crippen LogP contribution in [0.15, 0.2) is 54.6 Å². The minimum Gasteiger partial charge on any atom is -0.352 e. The van der Waals surface area contributed by atoms with E-state index in [2.05, 4.69) is 37.8 Å². The van der Waals surface area contributed by atoms with Crippen molar-refractivity contribution in [3.8, 4) is 11.3 Å². The van der Waals surface area contributed by atoms with Crippen LogP contribution < -0.4 is 16.4 Å². The van der Waals surface area contributed by atoms with Gasteiger partial charge in [-0.1, -0.05) is 82.5 Å². The van der Waals surface area contributed by atoms with E-state index < -0.39 is 6.03 Å². The Bertz CT molecular complexity index is 1220. The van der Waals surface area contributed by atoms with Gasteiger partial charge in [0.2, 0.25) is 0 Å². The molecule has 0 spiro atoms. The Morgan fingerprint density at radius 2 is 1.69 bits per heavy atom. The van der Waals surface area contributed by atoms with Gasteiger partial charge in [0.05, 0.1) is 16.8 Å². The number of fused-ring (bicyclic) bond motifs is 1. The Morgan fingerprint density at radius 1 is 1.00 bits per heavy atom. The van der Waals surface area contributed by atoms with Crippen molar-refractivity contribution in [3.05, 3.63) is 72.1 Å². The molecule has 3 aromatic rings. The molecule has 0 saturated heterocycles. The van der Waals surface area contributed by atoms with Crippen LogP contribution in [0.1, 0.15) is 68.8 Å². The average molecular weight is 486 g/mol. The van der Waals surface area contributed by atoms with Crippen LogP contribution in [0.3, 0.4) is 0 Å². The highest BCUT2D eigenvalue weighted by Crippen LogP contribution is 2.43. The second-order valence-electron chi connectivity index (χ2n) is 11.1. The molecule has 1 saturated carbocycles. The molecule has 1 radical (unpaired) electrons. The second kappa shape index (κ2) is 10.7. The molecule has 189 valence electrons. The van der Waals surface area contributed by atoms with E-state index in [0.29, 0.717) is 18.7 Å². The van der Waals surface area contributed by atoms with Crippen molar-refractivity contribution in [1.29, 1.82) is 0 Å². The van der Waals surface area contributed by atoms with E-state index in [-0.39, 0.29) is 16.7 Å². The number of nitrogens with one attached hydrogen (secondary N) is 2. The summed E-state index contributed by atoms with van der Waals surface area (Å²) in [5.41, 5.74) is 9.30. The molecule has 2 aromatic carbocycles. The molecule has 4 rings (SSSR count). The third-order valence-corrected chi connectivity index (χ3v) is 6.87. The molecule has 0 bridgehead atoms. The van der Waals surface area contributed by atoms with Crippen LogP contribution in [0.25, 0.3) is 22.2 Å². The summed E-state index contributed by atoms with van der Waals surface area (Å²) in [6.07, 6.45) is 8.37. The molecule has 0 aliphatic heterocycles. The normalized spacial score (nSPS) is 15.4. The van der Waals surface area contributed by atoms with Crippen molar-refractivity contribution in [1.82, 2.24) is 15.6 Å². The number of para-hydroxylation sites is 1. The number of urea groups is 1. The number of hydrogen-bond donors (Lipinski definition) is 3. The van der Waals surface area contributed by atoms with Gasteiger partial charge in [0, 0.05) is 24.0 Å². The van der Waals surface area contributed by atoms with Gasteiger partial charge in [-0.2, -0.15) is 0 Å². The van der Waals surface area contributed by atoms with Crippen molar-refractivity contribution >= 4 is 22.8 Å². The minimum absolute atomic E-state index is 0.0343. The van der Waals surface area contributed by atoms with Gasteiger partial charge in [0.15, 0.2) is 0 Å². The Hall–Kier alpha value is -3.41. The van der Waals surface area contributed by atoms with Gasteiger partial charge in [-0.25, -0.2) is 9.78 Å². The van der Waals surface area contributed by atoms with Gasteiger partial charge >= 0.3 is 6.03 Å². The molecule has 6 nitrogen and oxygen atoms in total. The van der Waals surface area contributed by atoms with Crippen LogP contribution in [0, 0.1) is 17.3 Å². The zero-order valence-corrected chi connectivity index (χ0v) is 21.6. The molecule has 3 amide bonds. The molecule has 1 aromatic heterocycles. The molecule has 4 N–H and O–H groups in total. The number of pyridine rings is 1. The number of rotatable bonds is 7. The van der Waals surface area contributed by atoms with Crippen molar-refractivity contribution < 1.29 is 9.59 Å². The predicted octanol–water partition coefficient (Wildman–Crippen LogP) is 6.00. The zero-order valence-electron chi connectivity index (χ0n) is 21.6. The Labute approximate surface area is 214 Å². The molecule has 36 heavy (non-hydrogen) atoms. The lowest BCUT2D eigenvalue weighted by molar-refractivity contribution is 0.0916. The lowest BCUT2D eigenvalue weighted by Gasteiger charge is -2.41. The summed E-state index contributed by atoms with van der Waals surface area (Å²) in [6.45, 7) is 7.73. The first kappa shape index (κ1) is 25.7. The van der Waals surface area contributed by atoms with Crippen molar-refractivity contribution in [2.45, 2.75) is 59.4 Å². The summed E-state index contributed by atoms with van der Waals surface area (Å²) >= 11 is 0. The standard InChI is InChI=1S/C30H37N4O2/c1-29(2,3)19-30(15-7-4-8-16-30)20-33-27(35)24-17-26(34-25-10-6-5-9-23(24)25)22-13-11-21(12-14-22)18-32-28(31)36/h5-6,9-14,17,19H,4,7-8,15-16,18,20H2,1-3H3,(H,33,35)(H3,31,32,36). The maximum Gasteiger partial charge on any atom is 0.312 e. The number of benzene rings is 2. The Balaban J connectivity index is 1.60. The van der Waals surface area contributed by atoms with E-state index in [9.17, 15) is 9.59 Å². The molecule has 1 aliphatic carbocycles. The van der Waals surface area contributed by atoms with E-state index in [1.54, 1.807) is 0 Å². The lowest BCUT2D eigenvalue weighted by atomic mass is 9.66. The largest absolute Gasteiger partial charge is 0.352 e. The van der Waals surface area contributed by atoms with Gasteiger partial charge < -0.3 is 16.4 Å². The summed E-state index contributed by atoms with van der Waals surface area (Å²) in [4.78, 5) is 29.4. The molecule has 1 heterocycles. The fourth-order valence-corrected chi connectivity index (χ4v) is 5.39. The number of carbonyl (C=O) groups excluding carboxylic acids is 2. The highest BCUT2D eigenvalue weighted by atomic mass is 16.2. The quantitative estimate of drug-likeness (QED) is 0.383. The van der Waals surface area contributed by atoms with E-state index in [4.69, 9.17) is 10.7 Å². The van der Waals surface area contributed by atoms with Crippen LogP contribution in [0.5, 0.6) is 0 Å². The highest BCUT2D eigenvalue weighted by Gasteiger charge is 2.36. The van der Waals surface area contributed by atoms with Gasteiger partial charge in [0.25, 0.3) is 5.91 Å². The van der Waals surface area contributed by atoms with Gasteiger partial charge in [0.1, 0.15) is 0 Å². The monoisotopic (exact) mass is 485 g/mol. The molecular formula is C30H37N4O2. The number of aromatic nitrogens is 1. The summed E-state index contributed by atoms with van der Waals surface area (Å²) in [7, 11) is 0. The topological polar surface area (TPSA) is 97.1 Å². The predicted molar refractivity (Wildman–Crippen MR) is 145 cm³/mol. The van der Waals surface area contributed by atoms with Gasteiger partial charge in [-0.15, -0.1) is 0 Å². The van der Waals surface area contributed by atoms with Gasteiger partial charge in [-0.3, -0.25) is 4.79 Å². The molecule has 0 unspecified atom stereocenters. The maximum atomic E-state index is 13.6. The summed E-state index contributed by atoms with van der Waals surface area (Å²) in [5, 5.41) is 6.73. The number of primary amides is 1. The summed E-state index contributed by atoms with van der Waals surface area (Å²) in [5.74, 6) is -0.0654. The number of amides is 3. The van der Waals surface area contributed by atoms with E-state index in [0.717, 1.165) is 40.6 Å². The lowest BCUT2D eigenvalue weighted by Crippen LogP contribution is -2.41. The van der Waals surface area contributed by atoms with Crippen molar-refractivity contribution in [2.75, 3.05) is 6.54 Å². The average Bonchev–Trinajstić information content (AvgIpc) is 2.85. The van der Waals surface area contributed by atoms with Crippen LogP contribution in [0.2, 0.25) is 0 Å². The first-order chi connectivity index (χ1) is 17.1. The van der Waals surface area contributed by atoms with Crippen LogP contribution in [-0.4, -0.2) is 23.5 Å². The first-order valence-electron chi connectivity index (χ1n) is 12.8. The molecular weight excluding hydrogens is 448 g/mol. The molecule has 6 heteroatoms. The molecule has 1 aliphatic rings. The van der Waals surface area contributed by atoms with Crippen LogP contribution >= 0.6 is 0 Å². The van der Waals surface area contributed by atoms with Crippen molar-refractivity contribution in [2.24, 2.45) is 16.6 Å². The number of nitrogens with two attached hydrogens (primary N) is 1. The highest BCUT2D eigenvalue weighted by molar-refractivity contribution is 6.07.